The third-order valence-electron chi connectivity index (χ3n) is 3.05. The van der Waals surface area contributed by atoms with E-state index in [0.717, 1.165) is 13.0 Å². The van der Waals surface area contributed by atoms with Gasteiger partial charge in [-0.2, -0.15) is 0 Å². The molecule has 1 atom stereocenters. The van der Waals surface area contributed by atoms with Crippen molar-refractivity contribution in [3.05, 3.63) is 29.6 Å². The zero-order valence-corrected chi connectivity index (χ0v) is 11.7. The van der Waals surface area contributed by atoms with Crippen molar-refractivity contribution in [1.29, 1.82) is 0 Å². The summed E-state index contributed by atoms with van der Waals surface area (Å²) in [6, 6.07) is 2.65. The van der Waals surface area contributed by atoms with E-state index in [1.807, 2.05) is 12.4 Å². The molecule has 0 fully saturated rings. The van der Waals surface area contributed by atoms with E-state index >= 15 is 0 Å². The largest absolute Gasteiger partial charge is 0.310 e. The van der Waals surface area contributed by atoms with Crippen LogP contribution >= 0.6 is 0 Å². The first-order valence-corrected chi connectivity index (χ1v) is 6.85. The molecule has 0 aliphatic carbocycles. The summed E-state index contributed by atoms with van der Waals surface area (Å²) in [5, 5.41) is 3.66. The first-order valence-electron chi connectivity index (χ1n) is 6.85. The molecule has 17 heavy (non-hydrogen) atoms. The minimum Gasteiger partial charge on any atom is -0.310 e. The minimum absolute atomic E-state index is 0.480. The van der Waals surface area contributed by atoms with Crippen molar-refractivity contribution in [1.82, 2.24) is 10.3 Å². The molecular weight excluding hydrogens is 208 g/mol. The molecule has 0 spiro atoms. The topological polar surface area (TPSA) is 24.9 Å². The van der Waals surface area contributed by atoms with Gasteiger partial charge in [-0.1, -0.05) is 27.7 Å². The lowest BCUT2D eigenvalue weighted by atomic mass is 9.93. The fourth-order valence-electron chi connectivity index (χ4n) is 2.18. The highest BCUT2D eigenvalue weighted by molar-refractivity contribution is 5.26. The van der Waals surface area contributed by atoms with Crippen LogP contribution in [0, 0.1) is 5.92 Å². The maximum Gasteiger partial charge on any atom is 0.0326 e. The molecule has 1 rings (SSSR count). The quantitative estimate of drug-likeness (QED) is 0.777. The van der Waals surface area contributed by atoms with Gasteiger partial charge in [-0.05, 0) is 48.9 Å². The van der Waals surface area contributed by atoms with E-state index in [2.05, 4.69) is 44.1 Å². The summed E-state index contributed by atoms with van der Waals surface area (Å²) in [5.41, 5.74) is 2.81. The van der Waals surface area contributed by atoms with Crippen LogP contribution in [0.2, 0.25) is 0 Å². The van der Waals surface area contributed by atoms with Gasteiger partial charge in [0.15, 0.2) is 0 Å². The minimum atomic E-state index is 0.480. The summed E-state index contributed by atoms with van der Waals surface area (Å²) in [7, 11) is 0. The van der Waals surface area contributed by atoms with Gasteiger partial charge in [0, 0.05) is 18.4 Å². The number of hydrogen-bond acceptors (Lipinski definition) is 2. The third kappa shape index (κ3) is 4.47. The van der Waals surface area contributed by atoms with Crippen molar-refractivity contribution < 1.29 is 0 Å². The molecule has 0 saturated carbocycles. The normalized spacial score (nSPS) is 13.0. The number of nitrogens with zero attached hydrogens (tertiary/aromatic N) is 1. The molecule has 0 aliphatic rings. The predicted octanol–water partition coefficient (Wildman–Crippen LogP) is 3.73. The first-order chi connectivity index (χ1) is 8.19. The van der Waals surface area contributed by atoms with Crippen molar-refractivity contribution in [2.45, 2.75) is 53.0 Å². The SMILES string of the molecule is CCCNC(CC(C)C)c1ccncc1CC. The van der Waals surface area contributed by atoms with E-state index < -0.39 is 0 Å². The lowest BCUT2D eigenvalue weighted by molar-refractivity contribution is 0.428. The van der Waals surface area contributed by atoms with Crippen molar-refractivity contribution in [2.24, 2.45) is 5.92 Å². The monoisotopic (exact) mass is 234 g/mol. The van der Waals surface area contributed by atoms with Crippen molar-refractivity contribution in [3.63, 3.8) is 0 Å². The lowest BCUT2D eigenvalue weighted by Gasteiger charge is -2.23. The number of rotatable bonds is 7. The van der Waals surface area contributed by atoms with Crippen LogP contribution in [0.3, 0.4) is 0 Å². The number of hydrogen-bond donors (Lipinski definition) is 1. The Hall–Kier alpha value is -0.890. The Morgan fingerprint density at radius 2 is 2.06 bits per heavy atom. The second-order valence-corrected chi connectivity index (χ2v) is 5.06. The number of pyridine rings is 1. The summed E-state index contributed by atoms with van der Waals surface area (Å²) in [5.74, 6) is 0.710. The summed E-state index contributed by atoms with van der Waals surface area (Å²) >= 11 is 0. The Labute approximate surface area is 106 Å². The van der Waals surface area contributed by atoms with Crippen molar-refractivity contribution in [2.75, 3.05) is 6.54 Å². The molecule has 1 unspecified atom stereocenters. The molecule has 0 bridgehead atoms. The Balaban J connectivity index is 2.86. The van der Waals surface area contributed by atoms with Gasteiger partial charge < -0.3 is 5.32 Å². The van der Waals surface area contributed by atoms with Gasteiger partial charge >= 0.3 is 0 Å². The number of aryl methyl sites for hydroxylation is 1. The highest BCUT2D eigenvalue weighted by Crippen LogP contribution is 2.24. The van der Waals surface area contributed by atoms with E-state index in [4.69, 9.17) is 0 Å². The standard InChI is InChI=1S/C15H26N2/c1-5-8-17-15(10-12(3)4)14-7-9-16-11-13(14)6-2/h7,9,11-12,15,17H,5-6,8,10H2,1-4H3. The van der Waals surface area contributed by atoms with E-state index in [1.54, 1.807) is 0 Å². The van der Waals surface area contributed by atoms with Crippen LogP contribution in [-0.2, 0) is 6.42 Å². The third-order valence-corrected chi connectivity index (χ3v) is 3.05. The maximum atomic E-state index is 4.23. The molecule has 0 aromatic carbocycles. The second-order valence-electron chi connectivity index (χ2n) is 5.06. The van der Waals surface area contributed by atoms with Crippen LogP contribution in [0.15, 0.2) is 18.5 Å². The zero-order chi connectivity index (χ0) is 12.7. The lowest BCUT2D eigenvalue weighted by Crippen LogP contribution is -2.24. The van der Waals surface area contributed by atoms with E-state index in [-0.39, 0.29) is 0 Å². The van der Waals surface area contributed by atoms with Crippen LogP contribution in [0.4, 0.5) is 0 Å². The molecule has 0 amide bonds. The van der Waals surface area contributed by atoms with Gasteiger partial charge in [0.1, 0.15) is 0 Å². The fourth-order valence-corrected chi connectivity index (χ4v) is 2.18. The average Bonchev–Trinajstić information content (AvgIpc) is 2.34. The van der Waals surface area contributed by atoms with Crippen LogP contribution in [0.1, 0.15) is 57.7 Å². The summed E-state index contributed by atoms with van der Waals surface area (Å²) in [6.45, 7) is 10.1. The van der Waals surface area contributed by atoms with Crippen LogP contribution < -0.4 is 5.32 Å². The van der Waals surface area contributed by atoms with Gasteiger partial charge in [-0.3, -0.25) is 4.98 Å². The molecular formula is C15H26N2. The van der Waals surface area contributed by atoms with Crippen LogP contribution in [0.5, 0.6) is 0 Å². The Bertz CT molecular complexity index is 320. The second kappa shape index (κ2) is 7.44. The summed E-state index contributed by atoms with van der Waals surface area (Å²) < 4.78 is 0. The van der Waals surface area contributed by atoms with Gasteiger partial charge in [0.05, 0.1) is 0 Å². The number of nitrogens with one attached hydrogen (secondary N) is 1. The molecule has 96 valence electrons. The molecule has 1 aromatic heterocycles. The van der Waals surface area contributed by atoms with Crippen molar-refractivity contribution >= 4 is 0 Å². The zero-order valence-electron chi connectivity index (χ0n) is 11.7. The molecule has 2 nitrogen and oxygen atoms in total. The first kappa shape index (κ1) is 14.2. The Morgan fingerprint density at radius 3 is 2.65 bits per heavy atom. The highest BCUT2D eigenvalue weighted by Gasteiger charge is 2.15. The molecule has 2 heteroatoms. The molecule has 0 radical (unpaired) electrons. The van der Waals surface area contributed by atoms with Gasteiger partial charge in [0.25, 0.3) is 0 Å². The molecule has 1 heterocycles. The Kier molecular flexibility index (Phi) is 6.20. The van der Waals surface area contributed by atoms with Gasteiger partial charge in [0.2, 0.25) is 0 Å². The average molecular weight is 234 g/mol. The predicted molar refractivity (Wildman–Crippen MR) is 74.1 cm³/mol. The van der Waals surface area contributed by atoms with Gasteiger partial charge in [-0.15, -0.1) is 0 Å². The maximum absolute atomic E-state index is 4.23. The van der Waals surface area contributed by atoms with Gasteiger partial charge in [-0.25, -0.2) is 0 Å². The molecule has 1 aromatic rings. The summed E-state index contributed by atoms with van der Waals surface area (Å²) in [6.07, 6.45) is 7.36. The van der Waals surface area contributed by atoms with E-state index in [9.17, 15) is 0 Å². The number of aromatic nitrogens is 1. The van der Waals surface area contributed by atoms with Crippen molar-refractivity contribution in [3.8, 4) is 0 Å². The molecule has 0 aliphatic heterocycles. The van der Waals surface area contributed by atoms with E-state index in [1.165, 1.54) is 24.0 Å². The van der Waals surface area contributed by atoms with E-state index in [0.29, 0.717) is 12.0 Å². The molecule has 0 saturated heterocycles. The molecule has 1 N–H and O–H groups in total. The highest BCUT2D eigenvalue weighted by atomic mass is 14.9. The van der Waals surface area contributed by atoms with Crippen LogP contribution in [-0.4, -0.2) is 11.5 Å². The Morgan fingerprint density at radius 1 is 1.29 bits per heavy atom. The summed E-state index contributed by atoms with van der Waals surface area (Å²) in [4.78, 5) is 4.23. The van der Waals surface area contributed by atoms with Crippen LogP contribution in [0.25, 0.3) is 0 Å². The smallest absolute Gasteiger partial charge is 0.0326 e. The fraction of sp³-hybridized carbons (Fsp3) is 0.667.